The van der Waals surface area contributed by atoms with Gasteiger partial charge in [-0.15, -0.1) is 0 Å². The number of hydrogen-bond donors (Lipinski definition) is 1. The van der Waals surface area contributed by atoms with Gasteiger partial charge in [-0.05, 0) is 25.3 Å². The Labute approximate surface area is 154 Å². The van der Waals surface area contributed by atoms with Crippen molar-refractivity contribution in [1.82, 2.24) is 14.7 Å². The first-order valence-electron chi connectivity index (χ1n) is 9.53. The number of phenols is 1. The molecule has 26 heavy (non-hydrogen) atoms. The Bertz CT molecular complexity index is 652. The molecule has 142 valence electrons. The zero-order chi connectivity index (χ0) is 17.9. The van der Waals surface area contributed by atoms with Gasteiger partial charge in [-0.2, -0.15) is 0 Å². The third-order valence-corrected chi connectivity index (χ3v) is 5.50. The molecule has 0 unspecified atom stereocenters. The average molecular weight is 361 g/mol. The van der Waals surface area contributed by atoms with Crippen LogP contribution in [0.25, 0.3) is 0 Å². The highest BCUT2D eigenvalue weighted by Gasteiger charge is 2.24. The molecule has 3 aliphatic heterocycles. The largest absolute Gasteiger partial charge is 0.507 e. The molecule has 0 radical (unpaired) electrons. The lowest BCUT2D eigenvalue weighted by Gasteiger charge is -2.36. The van der Waals surface area contributed by atoms with Gasteiger partial charge in [-0.3, -0.25) is 14.6 Å². The Morgan fingerprint density at radius 3 is 2.31 bits per heavy atom. The molecular weight excluding hydrogens is 334 g/mol. The van der Waals surface area contributed by atoms with Gasteiger partial charge in [0.05, 0.1) is 6.54 Å². The summed E-state index contributed by atoms with van der Waals surface area (Å²) in [6.45, 7) is 6.80. The number of fused-ring (bicyclic) bond motifs is 1. The summed E-state index contributed by atoms with van der Waals surface area (Å²) >= 11 is 0. The van der Waals surface area contributed by atoms with Gasteiger partial charge in [0.15, 0.2) is 11.5 Å². The van der Waals surface area contributed by atoms with Gasteiger partial charge in [0.1, 0.15) is 5.75 Å². The van der Waals surface area contributed by atoms with E-state index in [0.717, 1.165) is 57.7 Å². The maximum absolute atomic E-state index is 12.4. The van der Waals surface area contributed by atoms with Gasteiger partial charge < -0.3 is 19.5 Å². The van der Waals surface area contributed by atoms with E-state index in [4.69, 9.17) is 9.47 Å². The van der Waals surface area contributed by atoms with Gasteiger partial charge in [-0.25, -0.2) is 0 Å². The van der Waals surface area contributed by atoms with Crippen LogP contribution in [0.15, 0.2) is 12.1 Å². The van der Waals surface area contributed by atoms with Crippen molar-refractivity contribution in [3.63, 3.8) is 0 Å². The zero-order valence-corrected chi connectivity index (χ0v) is 15.2. The molecule has 0 atom stereocenters. The van der Waals surface area contributed by atoms with Crippen molar-refractivity contribution in [3.8, 4) is 17.2 Å². The smallest absolute Gasteiger partial charge is 0.236 e. The number of aromatic hydroxyl groups is 1. The predicted molar refractivity (Wildman–Crippen MR) is 96.4 cm³/mol. The average Bonchev–Trinajstić information content (AvgIpc) is 3.11. The molecule has 7 nitrogen and oxygen atoms in total. The molecule has 0 aromatic heterocycles. The highest BCUT2D eigenvalue weighted by Crippen LogP contribution is 2.38. The Hall–Kier alpha value is -1.99. The number of carbonyl (C=O) groups excluding carboxylic acids is 1. The molecule has 1 amide bonds. The molecule has 3 heterocycles. The molecule has 2 fully saturated rings. The van der Waals surface area contributed by atoms with E-state index in [1.165, 1.54) is 6.42 Å². The van der Waals surface area contributed by atoms with E-state index in [2.05, 4.69) is 9.80 Å². The van der Waals surface area contributed by atoms with Crippen molar-refractivity contribution in [3.05, 3.63) is 17.7 Å². The second kappa shape index (κ2) is 7.72. The Morgan fingerprint density at radius 1 is 0.923 bits per heavy atom. The summed E-state index contributed by atoms with van der Waals surface area (Å²) < 4.78 is 10.7. The molecule has 4 rings (SSSR count). The molecule has 0 bridgehead atoms. The van der Waals surface area contributed by atoms with E-state index < -0.39 is 0 Å². The number of amides is 1. The molecule has 7 heteroatoms. The number of piperidine rings is 1. The van der Waals surface area contributed by atoms with Crippen LogP contribution < -0.4 is 9.47 Å². The predicted octanol–water partition coefficient (Wildman–Crippen LogP) is 1.25. The summed E-state index contributed by atoms with van der Waals surface area (Å²) in [4.78, 5) is 19.0. The first-order chi connectivity index (χ1) is 12.7. The van der Waals surface area contributed by atoms with Crippen molar-refractivity contribution in [2.75, 3.05) is 52.6 Å². The van der Waals surface area contributed by atoms with E-state index in [1.807, 2.05) is 11.0 Å². The Kier molecular flexibility index (Phi) is 5.17. The maximum atomic E-state index is 12.4. The number of nitrogens with zero attached hydrogens (tertiary/aromatic N) is 3. The maximum Gasteiger partial charge on any atom is 0.236 e. The number of hydrogen-bond acceptors (Lipinski definition) is 6. The minimum atomic E-state index is 0.210. The molecule has 3 aliphatic rings. The van der Waals surface area contributed by atoms with Crippen LogP contribution in [-0.2, 0) is 11.3 Å². The summed E-state index contributed by atoms with van der Waals surface area (Å²) in [7, 11) is 0. The molecule has 0 spiro atoms. The van der Waals surface area contributed by atoms with Crippen LogP contribution in [0, 0.1) is 0 Å². The zero-order valence-electron chi connectivity index (χ0n) is 15.2. The summed E-state index contributed by atoms with van der Waals surface area (Å²) in [5.41, 5.74) is 0.854. The van der Waals surface area contributed by atoms with Crippen molar-refractivity contribution < 1.29 is 19.4 Å². The quantitative estimate of drug-likeness (QED) is 0.871. The fourth-order valence-corrected chi connectivity index (χ4v) is 3.88. The van der Waals surface area contributed by atoms with Crippen molar-refractivity contribution >= 4 is 5.91 Å². The molecule has 2 saturated heterocycles. The third kappa shape index (κ3) is 3.88. The van der Waals surface area contributed by atoms with Gasteiger partial charge >= 0.3 is 0 Å². The Morgan fingerprint density at radius 2 is 1.58 bits per heavy atom. The van der Waals surface area contributed by atoms with Gasteiger partial charge in [0.2, 0.25) is 12.7 Å². The van der Waals surface area contributed by atoms with Crippen molar-refractivity contribution in [2.45, 2.75) is 25.8 Å². The van der Waals surface area contributed by atoms with Crippen LogP contribution in [0.5, 0.6) is 17.2 Å². The summed E-state index contributed by atoms with van der Waals surface area (Å²) in [6.07, 6.45) is 3.52. The lowest BCUT2D eigenvalue weighted by atomic mass is 10.1. The van der Waals surface area contributed by atoms with Gasteiger partial charge in [0, 0.05) is 57.4 Å². The van der Waals surface area contributed by atoms with Crippen LogP contribution in [0.4, 0.5) is 0 Å². The lowest BCUT2D eigenvalue weighted by molar-refractivity contribution is -0.133. The molecule has 0 aliphatic carbocycles. The Balaban J connectivity index is 1.27. The highest BCUT2D eigenvalue weighted by molar-refractivity contribution is 5.78. The minimum absolute atomic E-state index is 0.210. The minimum Gasteiger partial charge on any atom is -0.507 e. The molecule has 1 N–H and O–H groups in total. The standard InChI is InChI=1S/C19H27N3O4/c23-16-11-18-17(25-14-26-18)10-15(16)12-20-6-8-21(9-7-20)13-19(24)22-4-2-1-3-5-22/h10-11,23H,1-9,12-14H2. The molecule has 1 aromatic rings. The SMILES string of the molecule is O=C(CN1CCN(Cc2cc3c(cc2O)OCO3)CC1)N1CCCCC1. The van der Waals surface area contributed by atoms with Gasteiger partial charge in [0.25, 0.3) is 0 Å². The second-order valence-corrected chi connectivity index (χ2v) is 7.33. The van der Waals surface area contributed by atoms with Crippen LogP contribution >= 0.6 is 0 Å². The third-order valence-electron chi connectivity index (χ3n) is 5.50. The number of phenolic OH excluding ortho intramolecular Hbond substituents is 1. The molecular formula is C19H27N3O4. The van der Waals surface area contributed by atoms with E-state index in [9.17, 15) is 9.90 Å². The van der Waals surface area contributed by atoms with Crippen LogP contribution in [0.2, 0.25) is 0 Å². The molecule has 1 aromatic carbocycles. The van der Waals surface area contributed by atoms with Crippen LogP contribution in [0.1, 0.15) is 24.8 Å². The number of ether oxygens (including phenoxy) is 2. The van der Waals surface area contributed by atoms with Crippen molar-refractivity contribution in [2.24, 2.45) is 0 Å². The first kappa shape index (κ1) is 17.4. The topological polar surface area (TPSA) is 65.5 Å². The van der Waals surface area contributed by atoms with Crippen molar-refractivity contribution in [1.29, 1.82) is 0 Å². The number of rotatable bonds is 4. The monoisotopic (exact) mass is 361 g/mol. The number of carbonyl (C=O) groups is 1. The number of benzene rings is 1. The van der Waals surface area contributed by atoms with Crippen LogP contribution in [-0.4, -0.2) is 78.3 Å². The normalized spacial score (nSPS) is 21.2. The summed E-state index contributed by atoms with van der Waals surface area (Å²) in [6, 6.07) is 3.50. The van der Waals surface area contributed by atoms with Gasteiger partial charge in [-0.1, -0.05) is 0 Å². The number of likely N-dealkylation sites (tertiary alicyclic amines) is 1. The van der Waals surface area contributed by atoms with E-state index in [1.54, 1.807) is 6.07 Å². The van der Waals surface area contributed by atoms with Crippen LogP contribution in [0.3, 0.4) is 0 Å². The fourth-order valence-electron chi connectivity index (χ4n) is 3.88. The lowest BCUT2D eigenvalue weighted by Crippen LogP contribution is -2.50. The summed E-state index contributed by atoms with van der Waals surface area (Å²) in [5.74, 6) is 1.82. The van der Waals surface area contributed by atoms with E-state index in [0.29, 0.717) is 24.6 Å². The fraction of sp³-hybridized carbons (Fsp3) is 0.632. The van der Waals surface area contributed by atoms with E-state index >= 15 is 0 Å². The second-order valence-electron chi connectivity index (χ2n) is 7.33. The summed E-state index contributed by atoms with van der Waals surface area (Å²) in [5, 5.41) is 10.2. The highest BCUT2D eigenvalue weighted by atomic mass is 16.7. The first-order valence-corrected chi connectivity index (χ1v) is 9.53. The number of piperazine rings is 1. The molecule has 0 saturated carbocycles. The van der Waals surface area contributed by atoms with E-state index in [-0.39, 0.29) is 18.4 Å².